The van der Waals surface area contributed by atoms with Crippen molar-refractivity contribution in [3.63, 3.8) is 0 Å². The molecule has 0 amide bonds. The van der Waals surface area contributed by atoms with Crippen LogP contribution in [0.25, 0.3) is 0 Å². The molecule has 0 aliphatic heterocycles. The summed E-state index contributed by atoms with van der Waals surface area (Å²) in [4.78, 5) is 13.2. The second-order valence-corrected chi connectivity index (χ2v) is 38.1. The molecule has 0 fully saturated rings. The maximum absolute atomic E-state index is 13.2. The fraction of sp³-hybridized carbons (Fsp3) is 0.975. The van der Waals surface area contributed by atoms with Crippen LogP contribution in [0.1, 0.15) is 124 Å². The molecule has 0 unspecified atom stereocenters. The average Bonchev–Trinajstić information content (AvgIpc) is 2.97. The maximum atomic E-state index is 13.2. The fourth-order valence-electron chi connectivity index (χ4n) is 4.98. The monoisotopic (exact) mass is 856 g/mol. The third-order valence-corrected chi connectivity index (χ3v) is 28.9. The Morgan fingerprint density at radius 1 is 0.630 bits per heavy atom. The van der Waals surface area contributed by atoms with Gasteiger partial charge in [0.1, 0.15) is 0 Å². The Bertz CT molecular complexity index is 982. The van der Waals surface area contributed by atoms with Crippen LogP contribution in [-0.2, 0) is 27.3 Å². The van der Waals surface area contributed by atoms with Gasteiger partial charge in [0.05, 0.1) is 32.0 Å². The van der Waals surface area contributed by atoms with Gasteiger partial charge in [-0.25, -0.2) is 9.34 Å². The van der Waals surface area contributed by atoms with Gasteiger partial charge in [-0.05, 0) is 110 Å². The van der Waals surface area contributed by atoms with Crippen molar-refractivity contribution >= 4 is 50.3 Å². The summed E-state index contributed by atoms with van der Waals surface area (Å²) in [6, 6.07) is 1.36. The summed E-state index contributed by atoms with van der Waals surface area (Å²) in [5.41, 5.74) is -0.593. The van der Waals surface area contributed by atoms with Gasteiger partial charge in [0, 0.05) is 42.9 Å². The van der Waals surface area contributed by atoms with Crippen LogP contribution in [0.2, 0.25) is 54.4 Å². The number of hydrogen-bond donors (Lipinski definition) is 1. The predicted octanol–water partition coefficient (Wildman–Crippen LogP) is 11.5. The lowest BCUT2D eigenvalue weighted by atomic mass is 10.0. The van der Waals surface area contributed by atoms with Crippen molar-refractivity contribution < 1.29 is 27.3 Å². The van der Waals surface area contributed by atoms with E-state index >= 15 is 0 Å². The largest absolute Gasteiger partial charge is 0.415 e. The summed E-state index contributed by atoms with van der Waals surface area (Å²) in [7, 11) is -7.31. The second-order valence-electron chi connectivity index (χ2n) is 20.9. The van der Waals surface area contributed by atoms with Crippen molar-refractivity contribution in [1.82, 2.24) is 14.7 Å². The van der Waals surface area contributed by atoms with E-state index in [9.17, 15) is 4.79 Å². The number of carbonyl (C=O) groups is 1. The van der Waals surface area contributed by atoms with E-state index in [0.717, 1.165) is 0 Å². The minimum absolute atomic E-state index is 0.0609. The summed E-state index contributed by atoms with van der Waals surface area (Å²) in [6.07, 6.45) is 0.393. The maximum Gasteiger partial charge on any atom is 0.192 e. The molecule has 0 bridgehead atoms. The summed E-state index contributed by atoms with van der Waals surface area (Å²) in [5, 5.41) is 4.14. The Morgan fingerprint density at radius 3 is 1.26 bits per heavy atom. The number of nitrogens with zero attached hydrogens (tertiary/aromatic N) is 2. The highest BCUT2D eigenvalue weighted by Crippen LogP contribution is 2.50. The molecule has 9 nitrogen and oxygen atoms in total. The fourth-order valence-corrected chi connectivity index (χ4v) is 11.1. The first-order chi connectivity index (χ1) is 24.1. The molecular formula is C40H90N3O6PSSi3. The molecule has 0 spiro atoms. The molecule has 0 heterocycles. The Labute approximate surface area is 344 Å². The van der Waals surface area contributed by atoms with Crippen molar-refractivity contribution in [2.24, 2.45) is 0 Å². The highest BCUT2D eigenvalue weighted by Gasteiger charge is 2.46. The molecule has 324 valence electrons. The number of nitrogens with one attached hydrogen (secondary N) is 1. The molecule has 1 N–H and O–H groups in total. The Balaban J connectivity index is 5.85. The van der Waals surface area contributed by atoms with E-state index in [1.165, 1.54) is 11.8 Å². The molecule has 0 saturated carbocycles. The average molecular weight is 856 g/mol. The normalized spacial score (nSPS) is 14.7. The molecule has 14 heteroatoms. The molecule has 0 aromatic carbocycles. The second kappa shape index (κ2) is 22.4. The number of rotatable bonds is 25. The topological polar surface area (TPSA) is 81.7 Å². The lowest BCUT2D eigenvalue weighted by Gasteiger charge is -2.46. The molecule has 0 radical (unpaired) electrons. The van der Waals surface area contributed by atoms with E-state index in [1.807, 2.05) is 0 Å². The van der Waals surface area contributed by atoms with Gasteiger partial charge in [0.2, 0.25) is 0 Å². The first kappa shape index (κ1) is 54.8. The van der Waals surface area contributed by atoms with Crippen LogP contribution < -0.4 is 5.32 Å². The van der Waals surface area contributed by atoms with E-state index in [1.54, 1.807) is 0 Å². The Morgan fingerprint density at radius 2 is 0.963 bits per heavy atom. The van der Waals surface area contributed by atoms with Gasteiger partial charge < -0.3 is 27.9 Å². The standard InChI is InChI=1S/C40H90N3O6PSSi3/c1-32(2)42(33(3)4)50(43(34(5)6)35(7)8)46-31-45-26-27-51-36(44)24-25-41-40(28-47-52(18,19)37(9,10)11,29-48-53(20,21)38(12,13)14)30-49-54(22,23)39(15,16)17/h32-35,41H,24-31H2,1-23H3. The Kier molecular flexibility index (Phi) is 22.7. The van der Waals surface area contributed by atoms with Crippen LogP contribution in [0.4, 0.5) is 0 Å². The smallest absolute Gasteiger partial charge is 0.192 e. The third-order valence-electron chi connectivity index (χ3n) is 11.6. The minimum atomic E-state index is -2.10. The molecule has 54 heavy (non-hydrogen) atoms. The van der Waals surface area contributed by atoms with Crippen LogP contribution in [0.15, 0.2) is 0 Å². The van der Waals surface area contributed by atoms with Gasteiger partial charge >= 0.3 is 0 Å². The Hall–Kier alpha value is 0.781. The van der Waals surface area contributed by atoms with E-state index < -0.39 is 38.9 Å². The SMILES string of the molecule is CC(C)N(C(C)C)P(OCOCCSC(=O)CCNC(CO[Si](C)(C)C(C)(C)C)(CO[Si](C)(C)C(C)(C)C)CO[Si](C)(C)C(C)(C)C)N(C(C)C)C(C)C. The van der Waals surface area contributed by atoms with E-state index in [4.69, 9.17) is 22.5 Å². The molecule has 0 atom stereocenters. The van der Waals surface area contributed by atoms with E-state index in [-0.39, 0.29) is 27.0 Å². The minimum Gasteiger partial charge on any atom is -0.415 e. The predicted molar refractivity (Wildman–Crippen MR) is 245 cm³/mol. The molecule has 0 saturated heterocycles. The van der Waals surface area contributed by atoms with Crippen LogP contribution in [-0.4, -0.2) is 115 Å². The van der Waals surface area contributed by atoms with Gasteiger partial charge in [0.15, 0.2) is 45.3 Å². The van der Waals surface area contributed by atoms with Gasteiger partial charge in [-0.1, -0.05) is 74.1 Å². The summed E-state index contributed by atoms with van der Waals surface area (Å²) < 4.78 is 38.2. The summed E-state index contributed by atoms with van der Waals surface area (Å²) in [6.45, 7) is 54.6. The van der Waals surface area contributed by atoms with Crippen molar-refractivity contribution in [3.8, 4) is 0 Å². The number of thioether (sulfide) groups is 1. The van der Waals surface area contributed by atoms with Crippen molar-refractivity contribution in [2.75, 3.05) is 45.5 Å². The van der Waals surface area contributed by atoms with E-state index in [0.29, 0.717) is 69.3 Å². The first-order valence-electron chi connectivity index (χ1n) is 20.5. The zero-order valence-corrected chi connectivity index (χ0v) is 44.4. The molecule has 0 rings (SSSR count). The number of ether oxygens (including phenoxy) is 1. The number of hydrogen-bond acceptors (Lipinski definition) is 10. The van der Waals surface area contributed by atoms with Crippen molar-refractivity contribution in [3.05, 3.63) is 0 Å². The highest BCUT2D eigenvalue weighted by molar-refractivity contribution is 8.13. The molecule has 0 aliphatic rings. The summed E-state index contributed by atoms with van der Waals surface area (Å²) >= 11 is 1.33. The van der Waals surface area contributed by atoms with Crippen LogP contribution in [0, 0.1) is 0 Å². The molecule has 0 aliphatic carbocycles. The van der Waals surface area contributed by atoms with Crippen molar-refractivity contribution in [1.29, 1.82) is 0 Å². The van der Waals surface area contributed by atoms with E-state index in [2.05, 4.69) is 172 Å². The quantitative estimate of drug-likeness (QED) is 0.0415. The lowest BCUT2D eigenvalue weighted by Crippen LogP contribution is -2.62. The lowest BCUT2D eigenvalue weighted by molar-refractivity contribution is -0.111. The van der Waals surface area contributed by atoms with Crippen molar-refractivity contribution in [2.45, 2.75) is 208 Å². The third kappa shape index (κ3) is 18.0. The summed E-state index contributed by atoms with van der Waals surface area (Å²) in [5.74, 6) is 0.582. The van der Waals surface area contributed by atoms with Crippen LogP contribution in [0.5, 0.6) is 0 Å². The van der Waals surface area contributed by atoms with Gasteiger partial charge in [-0.15, -0.1) is 0 Å². The van der Waals surface area contributed by atoms with Crippen LogP contribution >= 0.6 is 20.2 Å². The zero-order chi connectivity index (χ0) is 42.7. The first-order valence-corrected chi connectivity index (χ1v) is 31.4. The van der Waals surface area contributed by atoms with Gasteiger partial charge in [0.25, 0.3) is 0 Å². The number of carbonyl (C=O) groups excluding carboxylic acids is 1. The molecular weight excluding hydrogens is 766 g/mol. The van der Waals surface area contributed by atoms with Crippen LogP contribution in [0.3, 0.4) is 0 Å². The van der Waals surface area contributed by atoms with Gasteiger partial charge in [-0.3, -0.25) is 4.79 Å². The zero-order valence-electron chi connectivity index (χ0n) is 39.7. The molecule has 0 aromatic rings. The molecule has 0 aromatic heterocycles. The van der Waals surface area contributed by atoms with Gasteiger partial charge in [-0.2, -0.15) is 0 Å². The highest BCUT2D eigenvalue weighted by atomic mass is 32.2.